The molecule has 3 atom stereocenters. The SMILES string of the molecule is CC(=O)N(C)CC(=O)N(C)CC(=O)N(C)CC(=O)N(C)CC(=O)N(C)CC(=O)N(C)CC(=O)N(C)CC(=O)N(C)CC(=O)N(C)CC(=O)N(C)CC(=O)NCCCC[C@@H](C)NC(=O)[C@@H](NC(=O)CN1C(=O)CC(S)C1=O)C(C)C. The summed E-state index contributed by atoms with van der Waals surface area (Å²) in [6.07, 6.45) is 1.59. The van der Waals surface area contributed by atoms with Crippen LogP contribution < -0.4 is 16.0 Å². The summed E-state index contributed by atoms with van der Waals surface area (Å²) < 4.78 is 0. The van der Waals surface area contributed by atoms with Crippen molar-refractivity contribution in [2.45, 2.75) is 70.7 Å². The zero-order chi connectivity index (χ0) is 60.8. The Labute approximate surface area is 467 Å². The summed E-state index contributed by atoms with van der Waals surface area (Å²) in [6, 6.07) is -1.21. The van der Waals surface area contributed by atoms with E-state index >= 15 is 0 Å². The maximum Gasteiger partial charge on any atom is 0.243 e. The van der Waals surface area contributed by atoms with E-state index in [2.05, 4.69) is 28.6 Å². The minimum atomic E-state index is -0.916. The third-order valence-electron chi connectivity index (χ3n) is 12.7. The Balaban J connectivity index is 2.47. The molecule has 29 nitrogen and oxygen atoms in total. The molecule has 1 rings (SSSR count). The van der Waals surface area contributed by atoms with Gasteiger partial charge in [0.15, 0.2) is 0 Å². The number of unbranched alkanes of at least 4 members (excludes halogenated alkanes) is 1. The molecule has 3 N–H and O–H groups in total. The highest BCUT2D eigenvalue weighted by molar-refractivity contribution is 7.81. The van der Waals surface area contributed by atoms with Crippen LogP contribution >= 0.6 is 12.6 Å². The third kappa shape index (κ3) is 24.4. The Bertz CT molecular complexity index is 2290. The molecular weight excluding hydrogens is 1060 g/mol. The Morgan fingerprint density at radius 1 is 0.481 bits per heavy atom. The highest BCUT2D eigenvalue weighted by Crippen LogP contribution is 2.17. The van der Waals surface area contributed by atoms with Crippen molar-refractivity contribution in [3.8, 4) is 0 Å². The van der Waals surface area contributed by atoms with Crippen molar-refractivity contribution in [2.24, 2.45) is 5.92 Å². The van der Waals surface area contributed by atoms with Gasteiger partial charge in [-0.2, -0.15) is 12.6 Å². The van der Waals surface area contributed by atoms with Crippen molar-refractivity contribution >= 4 is 101 Å². The van der Waals surface area contributed by atoms with Crippen LogP contribution in [0.25, 0.3) is 0 Å². The highest BCUT2D eigenvalue weighted by atomic mass is 32.1. The van der Waals surface area contributed by atoms with Gasteiger partial charge >= 0.3 is 0 Å². The molecule has 0 spiro atoms. The lowest BCUT2D eigenvalue weighted by Gasteiger charge is -2.27. The summed E-state index contributed by atoms with van der Waals surface area (Å²) in [7, 11) is 13.5. The molecule has 0 radical (unpaired) electrons. The number of hydrogen-bond acceptors (Lipinski definition) is 16. The number of rotatable bonds is 31. The predicted octanol–water partition coefficient (Wildman–Crippen LogP) is -5.42. The fourth-order valence-electron chi connectivity index (χ4n) is 7.03. The molecule has 1 aliphatic heterocycles. The first-order valence-electron chi connectivity index (χ1n) is 25.3. The Kier molecular flexibility index (Phi) is 29.2. The molecule has 1 heterocycles. The summed E-state index contributed by atoms with van der Waals surface area (Å²) in [4.78, 5) is 201. The van der Waals surface area contributed by atoms with Gasteiger partial charge in [0.05, 0.1) is 70.7 Å². The molecular formula is C49H82N14O15S. The van der Waals surface area contributed by atoms with Crippen molar-refractivity contribution in [1.29, 1.82) is 0 Å². The number of nitrogens with zero attached hydrogens (tertiary/aromatic N) is 11. The summed E-state index contributed by atoms with van der Waals surface area (Å²) >= 11 is 4.05. The number of carbonyl (C=O) groups is 15. The van der Waals surface area contributed by atoms with Crippen molar-refractivity contribution in [3.63, 3.8) is 0 Å². The fraction of sp³-hybridized carbons (Fsp3) is 0.694. The van der Waals surface area contributed by atoms with Gasteiger partial charge in [-0.1, -0.05) is 13.8 Å². The summed E-state index contributed by atoms with van der Waals surface area (Å²) in [5.74, 6) is -8.62. The molecule has 30 heteroatoms. The molecule has 0 aliphatic carbocycles. The normalized spacial score (nSPS) is 13.5. The van der Waals surface area contributed by atoms with Crippen molar-refractivity contribution in [2.75, 3.05) is 149 Å². The van der Waals surface area contributed by atoms with E-state index in [1.54, 1.807) is 20.8 Å². The monoisotopic (exact) mass is 1140 g/mol. The van der Waals surface area contributed by atoms with Crippen molar-refractivity contribution in [1.82, 2.24) is 69.8 Å². The quantitative estimate of drug-likeness (QED) is 0.0286. The second kappa shape index (κ2) is 33.1. The van der Waals surface area contributed by atoms with Crippen molar-refractivity contribution < 1.29 is 71.9 Å². The van der Waals surface area contributed by atoms with E-state index in [1.807, 2.05) is 0 Å². The zero-order valence-electron chi connectivity index (χ0n) is 48.1. The van der Waals surface area contributed by atoms with Crippen LogP contribution in [-0.4, -0.2) is 309 Å². The first-order valence-corrected chi connectivity index (χ1v) is 25.9. The molecule has 1 saturated heterocycles. The van der Waals surface area contributed by atoms with E-state index in [0.717, 1.165) is 49.0 Å². The molecule has 15 amide bonds. The number of likely N-dealkylation sites (N-methyl/N-ethyl adjacent to an activating group) is 10. The second-order valence-corrected chi connectivity index (χ2v) is 20.8. The highest BCUT2D eigenvalue weighted by Gasteiger charge is 2.38. The molecule has 0 aromatic heterocycles. The second-order valence-electron chi connectivity index (χ2n) is 20.2. The molecule has 0 saturated carbocycles. The van der Waals surface area contributed by atoms with Gasteiger partial charge < -0.3 is 64.9 Å². The number of imide groups is 1. The van der Waals surface area contributed by atoms with Crippen LogP contribution in [0, 0.1) is 5.92 Å². The third-order valence-corrected chi connectivity index (χ3v) is 13.1. The van der Waals surface area contributed by atoms with E-state index in [9.17, 15) is 71.9 Å². The number of nitrogens with one attached hydrogen (secondary N) is 3. The molecule has 0 bridgehead atoms. The maximum absolute atomic E-state index is 13.0. The minimum absolute atomic E-state index is 0.0991. The molecule has 1 unspecified atom stereocenters. The van der Waals surface area contributed by atoms with E-state index in [0.29, 0.717) is 19.3 Å². The molecule has 0 aromatic carbocycles. The topological polar surface area (TPSA) is 328 Å². The van der Waals surface area contributed by atoms with Gasteiger partial charge in [-0.3, -0.25) is 76.8 Å². The lowest BCUT2D eigenvalue weighted by Crippen LogP contribution is -2.53. The van der Waals surface area contributed by atoms with Crippen LogP contribution in [0.2, 0.25) is 0 Å². The van der Waals surface area contributed by atoms with Gasteiger partial charge in [0.25, 0.3) is 0 Å². The van der Waals surface area contributed by atoms with Gasteiger partial charge in [0, 0.05) is 96.4 Å². The first-order chi connectivity index (χ1) is 36.6. The predicted molar refractivity (Wildman–Crippen MR) is 287 cm³/mol. The van der Waals surface area contributed by atoms with Gasteiger partial charge in [-0.05, 0) is 32.1 Å². The average molecular weight is 1140 g/mol. The van der Waals surface area contributed by atoms with E-state index in [4.69, 9.17) is 0 Å². The van der Waals surface area contributed by atoms with E-state index < -0.39 is 146 Å². The Morgan fingerprint density at radius 2 is 0.797 bits per heavy atom. The molecule has 444 valence electrons. The molecule has 0 aromatic rings. The minimum Gasteiger partial charge on any atom is -0.355 e. The Morgan fingerprint density at radius 3 is 1.09 bits per heavy atom. The van der Waals surface area contributed by atoms with Crippen LogP contribution in [-0.2, 0) is 71.9 Å². The number of hydrogen-bond donors (Lipinski definition) is 4. The fourth-order valence-corrected chi connectivity index (χ4v) is 7.32. The van der Waals surface area contributed by atoms with Crippen molar-refractivity contribution in [3.05, 3.63) is 0 Å². The number of thiol groups is 1. The summed E-state index contributed by atoms with van der Waals surface area (Å²) in [5.41, 5.74) is 0. The van der Waals surface area contributed by atoms with Gasteiger partial charge in [-0.25, -0.2) is 0 Å². The lowest BCUT2D eigenvalue weighted by molar-refractivity contribution is -0.146. The standard InChI is InChI=1S/C49H82N14O15S/c1-31(2)47(52-36(66)21-63-37(67)19-34(79)49(63)78)48(77)51-32(3)17-15-16-18-50-35(65)20-54(6)39(69)23-56(8)41(71)25-58(10)43(73)27-60(12)45(75)29-62(14)46(76)30-61(13)44(74)28-59(11)42(72)26-57(9)40(70)24-55(7)38(68)22-53(5)33(4)64/h31-32,34,47,79H,15-30H2,1-14H3,(H,50,65)(H,51,77)(H,52,66)/t32-,34?,47+/m1/s1. The average Bonchev–Trinajstić information content (AvgIpc) is 3.59. The number of carbonyl (C=O) groups excluding carboxylic acids is 15. The van der Waals surface area contributed by atoms with Crippen LogP contribution in [0.3, 0.4) is 0 Å². The number of amides is 15. The number of likely N-dealkylation sites (tertiary alicyclic amines) is 1. The van der Waals surface area contributed by atoms with Gasteiger partial charge in [0.2, 0.25) is 88.6 Å². The maximum atomic E-state index is 13.0. The van der Waals surface area contributed by atoms with E-state index in [1.165, 1.54) is 82.3 Å². The lowest BCUT2D eigenvalue weighted by atomic mass is 10.0. The van der Waals surface area contributed by atoms with Crippen LogP contribution in [0.5, 0.6) is 0 Å². The Hall–Kier alpha value is -7.40. The molecule has 1 fully saturated rings. The van der Waals surface area contributed by atoms with Crippen LogP contribution in [0.4, 0.5) is 0 Å². The zero-order valence-corrected chi connectivity index (χ0v) is 49.0. The smallest absolute Gasteiger partial charge is 0.243 e. The van der Waals surface area contributed by atoms with Crippen LogP contribution in [0.15, 0.2) is 0 Å². The van der Waals surface area contributed by atoms with E-state index in [-0.39, 0.29) is 50.5 Å². The largest absolute Gasteiger partial charge is 0.355 e. The van der Waals surface area contributed by atoms with Gasteiger partial charge in [0.1, 0.15) is 12.6 Å². The van der Waals surface area contributed by atoms with Crippen LogP contribution in [0.1, 0.15) is 53.4 Å². The first kappa shape index (κ1) is 69.6. The van der Waals surface area contributed by atoms with Gasteiger partial charge in [-0.15, -0.1) is 0 Å². The molecule has 1 aliphatic rings. The summed E-state index contributed by atoms with van der Waals surface area (Å²) in [5, 5.41) is 7.38. The summed E-state index contributed by atoms with van der Waals surface area (Å²) in [6.45, 7) is 2.29. The molecule has 79 heavy (non-hydrogen) atoms.